The molecule has 1 amide bonds. The third-order valence-corrected chi connectivity index (χ3v) is 3.33. The second-order valence-electron chi connectivity index (χ2n) is 4.83. The molecule has 6 nitrogen and oxygen atoms in total. The average Bonchev–Trinajstić information content (AvgIpc) is 3.04. The van der Waals surface area contributed by atoms with E-state index in [0.29, 0.717) is 12.3 Å². The summed E-state index contributed by atoms with van der Waals surface area (Å²) in [5.41, 5.74) is 3.72. The zero-order valence-electron chi connectivity index (χ0n) is 11.6. The van der Waals surface area contributed by atoms with Gasteiger partial charge in [-0.3, -0.25) is 9.36 Å². The fourth-order valence-corrected chi connectivity index (χ4v) is 2.23. The van der Waals surface area contributed by atoms with E-state index < -0.39 is 0 Å². The van der Waals surface area contributed by atoms with Gasteiger partial charge in [0, 0.05) is 18.7 Å². The van der Waals surface area contributed by atoms with Crippen molar-refractivity contribution in [2.45, 2.75) is 25.6 Å². The number of hydroxylamine groups is 1. The summed E-state index contributed by atoms with van der Waals surface area (Å²) in [7, 11) is 0. The van der Waals surface area contributed by atoms with Crippen LogP contribution in [0.3, 0.4) is 0 Å². The number of ether oxygens (including phenoxy) is 1. The molecule has 1 N–H and O–H groups in total. The highest BCUT2D eigenvalue weighted by molar-refractivity contribution is 5.92. The summed E-state index contributed by atoms with van der Waals surface area (Å²) in [6.45, 7) is 0.669. The van der Waals surface area contributed by atoms with Gasteiger partial charge in [-0.2, -0.15) is 0 Å². The molecule has 110 valence electrons. The monoisotopic (exact) mass is 287 g/mol. The van der Waals surface area contributed by atoms with Gasteiger partial charge in [-0.05, 0) is 25.0 Å². The first kappa shape index (κ1) is 13.8. The van der Waals surface area contributed by atoms with E-state index >= 15 is 0 Å². The number of carbonyl (C=O) groups excluding carboxylic acids is 1. The molecule has 0 spiro atoms. The number of amides is 1. The largest absolute Gasteiger partial charge is 0.350 e. The zero-order valence-corrected chi connectivity index (χ0v) is 11.6. The molecule has 1 aliphatic heterocycles. The summed E-state index contributed by atoms with van der Waals surface area (Å²) in [6, 6.07) is 9.55. The van der Waals surface area contributed by atoms with Gasteiger partial charge in [0.25, 0.3) is 5.91 Å². The van der Waals surface area contributed by atoms with Crippen molar-refractivity contribution < 1.29 is 14.4 Å². The van der Waals surface area contributed by atoms with Gasteiger partial charge in [0.15, 0.2) is 6.29 Å². The van der Waals surface area contributed by atoms with E-state index in [4.69, 9.17) is 9.57 Å². The van der Waals surface area contributed by atoms with Crippen molar-refractivity contribution in [3.05, 3.63) is 48.5 Å². The molecule has 0 radical (unpaired) electrons. The third-order valence-electron chi connectivity index (χ3n) is 3.33. The second kappa shape index (κ2) is 6.51. The summed E-state index contributed by atoms with van der Waals surface area (Å²) < 4.78 is 7.11. The number of nitrogens with one attached hydrogen (secondary N) is 1. The Morgan fingerprint density at radius 1 is 1.33 bits per heavy atom. The van der Waals surface area contributed by atoms with Crippen LogP contribution in [0.5, 0.6) is 0 Å². The van der Waals surface area contributed by atoms with Crippen LogP contribution in [-0.4, -0.2) is 28.4 Å². The molecule has 3 rings (SSSR count). The molecule has 1 unspecified atom stereocenters. The lowest BCUT2D eigenvalue weighted by molar-refractivity contribution is -0.186. The number of carbonyl (C=O) groups is 1. The molecule has 1 aliphatic rings. The molecular formula is C15H17N3O3. The molecule has 1 fully saturated rings. The van der Waals surface area contributed by atoms with E-state index in [2.05, 4.69) is 10.5 Å². The topological polar surface area (TPSA) is 65.4 Å². The number of imidazole rings is 1. The van der Waals surface area contributed by atoms with Gasteiger partial charge < -0.3 is 4.74 Å². The Hall–Kier alpha value is -2.18. The lowest BCUT2D eigenvalue weighted by atomic mass is 10.2. The first-order valence-corrected chi connectivity index (χ1v) is 7.00. The summed E-state index contributed by atoms with van der Waals surface area (Å²) in [5, 5.41) is 0. The van der Waals surface area contributed by atoms with Crippen LogP contribution in [0.2, 0.25) is 0 Å². The van der Waals surface area contributed by atoms with Crippen molar-refractivity contribution in [2.24, 2.45) is 0 Å². The van der Waals surface area contributed by atoms with Gasteiger partial charge in [-0.25, -0.2) is 15.3 Å². The Labute approximate surface area is 122 Å². The molecular weight excluding hydrogens is 270 g/mol. The maximum Gasteiger partial charge on any atom is 0.293 e. The SMILES string of the molecule is O=C(NOC1CCCCO1)c1cncn1-c1ccccc1. The van der Waals surface area contributed by atoms with Crippen LogP contribution in [0.1, 0.15) is 29.8 Å². The fourth-order valence-electron chi connectivity index (χ4n) is 2.23. The number of aromatic nitrogens is 2. The quantitative estimate of drug-likeness (QED) is 0.874. The standard InChI is InChI=1S/C15H17N3O3/c19-15(17-21-14-8-4-5-9-20-14)13-10-16-11-18(13)12-6-2-1-3-7-12/h1-3,6-7,10-11,14H,4-5,8-9H2,(H,17,19). The van der Waals surface area contributed by atoms with Gasteiger partial charge in [-0.1, -0.05) is 18.2 Å². The third kappa shape index (κ3) is 3.29. The molecule has 6 heteroatoms. The molecule has 1 saturated heterocycles. The highest BCUT2D eigenvalue weighted by atomic mass is 16.8. The molecule has 21 heavy (non-hydrogen) atoms. The highest BCUT2D eigenvalue weighted by Gasteiger charge is 2.18. The van der Waals surface area contributed by atoms with Crippen molar-refractivity contribution in [3.8, 4) is 5.69 Å². The van der Waals surface area contributed by atoms with Crippen LogP contribution in [0.15, 0.2) is 42.9 Å². The predicted molar refractivity (Wildman–Crippen MR) is 75.7 cm³/mol. The number of nitrogens with zero attached hydrogens (tertiary/aromatic N) is 2. The maximum atomic E-state index is 12.2. The molecule has 2 aromatic rings. The minimum Gasteiger partial charge on any atom is -0.350 e. The Morgan fingerprint density at radius 2 is 2.19 bits per heavy atom. The van der Waals surface area contributed by atoms with Crippen molar-refractivity contribution in [3.63, 3.8) is 0 Å². The number of para-hydroxylation sites is 1. The molecule has 2 heterocycles. The van der Waals surface area contributed by atoms with Crippen molar-refractivity contribution in [2.75, 3.05) is 6.61 Å². The van der Waals surface area contributed by atoms with Gasteiger partial charge in [-0.15, -0.1) is 0 Å². The molecule has 1 aromatic heterocycles. The van der Waals surface area contributed by atoms with E-state index in [1.807, 2.05) is 30.3 Å². The van der Waals surface area contributed by atoms with Crippen LogP contribution in [0.4, 0.5) is 0 Å². The van der Waals surface area contributed by atoms with Gasteiger partial charge in [0.05, 0.1) is 12.5 Å². The lowest BCUT2D eigenvalue weighted by Crippen LogP contribution is -2.33. The van der Waals surface area contributed by atoms with E-state index in [9.17, 15) is 4.79 Å². The van der Waals surface area contributed by atoms with Crippen LogP contribution in [-0.2, 0) is 9.57 Å². The number of benzene rings is 1. The Bertz CT molecular complexity index is 591. The van der Waals surface area contributed by atoms with Crippen LogP contribution in [0.25, 0.3) is 5.69 Å². The smallest absolute Gasteiger partial charge is 0.293 e. The highest BCUT2D eigenvalue weighted by Crippen LogP contribution is 2.14. The summed E-state index contributed by atoms with van der Waals surface area (Å²) in [5.74, 6) is -0.342. The van der Waals surface area contributed by atoms with Crippen molar-refractivity contribution >= 4 is 5.91 Å². The Kier molecular flexibility index (Phi) is 4.28. The number of hydrogen-bond donors (Lipinski definition) is 1. The molecule has 1 atom stereocenters. The minimum absolute atomic E-state index is 0.342. The van der Waals surface area contributed by atoms with E-state index in [-0.39, 0.29) is 12.2 Å². The molecule has 0 aliphatic carbocycles. The van der Waals surface area contributed by atoms with Crippen LogP contribution >= 0.6 is 0 Å². The van der Waals surface area contributed by atoms with Crippen LogP contribution in [0, 0.1) is 0 Å². The van der Waals surface area contributed by atoms with Gasteiger partial charge in [0.2, 0.25) is 0 Å². The Balaban J connectivity index is 1.66. The maximum absolute atomic E-state index is 12.2. The number of rotatable bonds is 4. The normalized spacial score (nSPS) is 18.4. The van der Waals surface area contributed by atoms with Crippen molar-refractivity contribution in [1.29, 1.82) is 0 Å². The average molecular weight is 287 g/mol. The zero-order chi connectivity index (χ0) is 14.5. The summed E-state index contributed by atoms with van der Waals surface area (Å²) >= 11 is 0. The van der Waals surface area contributed by atoms with E-state index in [0.717, 1.165) is 24.9 Å². The van der Waals surface area contributed by atoms with E-state index in [1.165, 1.54) is 6.20 Å². The molecule has 1 aromatic carbocycles. The van der Waals surface area contributed by atoms with Gasteiger partial charge >= 0.3 is 0 Å². The Morgan fingerprint density at radius 3 is 2.95 bits per heavy atom. The molecule has 0 saturated carbocycles. The summed E-state index contributed by atoms with van der Waals surface area (Å²) in [4.78, 5) is 21.5. The van der Waals surface area contributed by atoms with E-state index in [1.54, 1.807) is 10.9 Å². The fraction of sp³-hybridized carbons (Fsp3) is 0.333. The van der Waals surface area contributed by atoms with Crippen molar-refractivity contribution in [1.82, 2.24) is 15.0 Å². The van der Waals surface area contributed by atoms with Crippen LogP contribution < -0.4 is 5.48 Å². The summed E-state index contributed by atoms with van der Waals surface area (Å²) in [6.07, 6.45) is 5.61. The predicted octanol–water partition coefficient (Wildman–Crippen LogP) is 2.06. The first-order chi connectivity index (χ1) is 10.3. The van der Waals surface area contributed by atoms with Gasteiger partial charge in [0.1, 0.15) is 5.69 Å². The number of hydrogen-bond acceptors (Lipinski definition) is 4. The lowest BCUT2D eigenvalue weighted by Gasteiger charge is -2.22. The minimum atomic E-state index is -0.365. The second-order valence-corrected chi connectivity index (χ2v) is 4.83. The molecule has 0 bridgehead atoms. The first-order valence-electron chi connectivity index (χ1n) is 7.00.